The largest absolute Gasteiger partial charge is 0.376 e. The zero-order chi connectivity index (χ0) is 16.2. The van der Waals surface area contributed by atoms with Crippen LogP contribution in [0.3, 0.4) is 0 Å². The molecule has 0 spiro atoms. The fourth-order valence-corrected chi connectivity index (χ4v) is 2.90. The number of anilines is 1. The van der Waals surface area contributed by atoms with Crippen LogP contribution < -0.4 is 5.32 Å². The summed E-state index contributed by atoms with van der Waals surface area (Å²) in [7, 11) is 0. The number of nitriles is 1. The summed E-state index contributed by atoms with van der Waals surface area (Å²) in [5, 5.41) is 12.0. The van der Waals surface area contributed by atoms with Crippen LogP contribution in [0, 0.1) is 24.2 Å². The number of likely N-dealkylation sites (tertiary alicyclic amines) is 1. The molecule has 1 saturated carbocycles. The van der Waals surface area contributed by atoms with Gasteiger partial charge in [-0.25, -0.2) is 4.79 Å². The first kappa shape index (κ1) is 15.8. The Hall–Kier alpha value is -2.06. The van der Waals surface area contributed by atoms with Crippen molar-refractivity contribution in [2.24, 2.45) is 5.92 Å². The van der Waals surface area contributed by atoms with Gasteiger partial charge in [0.15, 0.2) is 0 Å². The summed E-state index contributed by atoms with van der Waals surface area (Å²) in [6, 6.07) is 7.42. The number of benzene rings is 1. The first-order valence-electron chi connectivity index (χ1n) is 8.34. The summed E-state index contributed by atoms with van der Waals surface area (Å²) < 4.78 is 5.93. The molecule has 0 bridgehead atoms. The monoisotopic (exact) mass is 313 g/mol. The van der Waals surface area contributed by atoms with Gasteiger partial charge in [-0.1, -0.05) is 6.07 Å². The van der Waals surface area contributed by atoms with Crippen LogP contribution in [0.15, 0.2) is 18.2 Å². The lowest BCUT2D eigenvalue weighted by Gasteiger charge is -2.32. The predicted molar refractivity (Wildman–Crippen MR) is 88.2 cm³/mol. The maximum atomic E-state index is 12.5. The summed E-state index contributed by atoms with van der Waals surface area (Å²) >= 11 is 0. The third kappa shape index (κ3) is 4.02. The third-order valence-corrected chi connectivity index (χ3v) is 4.63. The van der Waals surface area contributed by atoms with Crippen molar-refractivity contribution in [1.29, 1.82) is 5.26 Å². The number of piperidine rings is 1. The molecule has 1 atom stereocenters. The van der Waals surface area contributed by atoms with Crippen LogP contribution in [0.4, 0.5) is 10.5 Å². The van der Waals surface area contributed by atoms with E-state index in [4.69, 9.17) is 10.00 Å². The Kier molecular flexibility index (Phi) is 4.82. The van der Waals surface area contributed by atoms with Crippen LogP contribution >= 0.6 is 0 Å². The van der Waals surface area contributed by atoms with E-state index in [1.54, 1.807) is 12.1 Å². The highest BCUT2D eigenvalue weighted by Crippen LogP contribution is 2.30. The fraction of sp³-hybridized carbons (Fsp3) is 0.556. The Labute approximate surface area is 137 Å². The highest BCUT2D eigenvalue weighted by Gasteiger charge is 2.27. The Bertz CT molecular complexity index is 619. The lowest BCUT2D eigenvalue weighted by molar-refractivity contribution is 0.00597. The standard InChI is InChI=1S/C18H23N3O2/c1-13-15(10-19)4-2-6-17(13)20-18(22)21-9-3-5-16(11-21)23-12-14-7-8-14/h2,4,6,14,16H,3,5,7-9,11-12H2,1H3,(H,20,22)/t16-/m0/s1. The number of hydrogen-bond acceptors (Lipinski definition) is 3. The Morgan fingerprint density at radius 3 is 3.00 bits per heavy atom. The molecule has 0 unspecified atom stereocenters. The lowest BCUT2D eigenvalue weighted by Crippen LogP contribution is -2.45. The summed E-state index contributed by atoms with van der Waals surface area (Å²) in [5.41, 5.74) is 2.10. The topological polar surface area (TPSA) is 65.4 Å². The van der Waals surface area contributed by atoms with Gasteiger partial charge >= 0.3 is 6.03 Å². The normalized spacial score (nSPS) is 20.9. The highest BCUT2D eigenvalue weighted by atomic mass is 16.5. The second-order valence-corrected chi connectivity index (χ2v) is 6.51. The summed E-state index contributed by atoms with van der Waals surface area (Å²) in [4.78, 5) is 14.3. The van der Waals surface area contributed by atoms with E-state index in [1.807, 2.05) is 17.9 Å². The molecule has 0 radical (unpaired) electrons. The van der Waals surface area contributed by atoms with Crippen molar-refractivity contribution in [1.82, 2.24) is 4.90 Å². The van der Waals surface area contributed by atoms with Crippen LogP contribution in [0.25, 0.3) is 0 Å². The number of nitrogens with one attached hydrogen (secondary N) is 1. The van der Waals surface area contributed by atoms with E-state index in [2.05, 4.69) is 11.4 Å². The SMILES string of the molecule is Cc1c(C#N)cccc1NC(=O)N1CCC[C@H](OCC2CC2)C1. The van der Waals surface area contributed by atoms with Crippen molar-refractivity contribution in [3.05, 3.63) is 29.3 Å². The number of amides is 2. The maximum absolute atomic E-state index is 12.5. The minimum atomic E-state index is -0.108. The minimum Gasteiger partial charge on any atom is -0.376 e. The van der Waals surface area contributed by atoms with E-state index < -0.39 is 0 Å². The van der Waals surface area contributed by atoms with Crippen molar-refractivity contribution < 1.29 is 9.53 Å². The predicted octanol–water partition coefficient (Wildman–Crippen LogP) is 3.29. The number of rotatable bonds is 4. The number of urea groups is 1. The van der Waals surface area contributed by atoms with Crippen molar-refractivity contribution in [3.8, 4) is 6.07 Å². The van der Waals surface area contributed by atoms with E-state index in [0.29, 0.717) is 17.8 Å². The summed E-state index contributed by atoms with van der Waals surface area (Å²) in [5.74, 6) is 0.746. The van der Waals surface area contributed by atoms with Crippen LogP contribution in [0.1, 0.15) is 36.8 Å². The first-order valence-corrected chi connectivity index (χ1v) is 8.34. The second kappa shape index (κ2) is 7.01. The number of ether oxygens (including phenoxy) is 1. The molecule has 3 rings (SSSR count). The third-order valence-electron chi connectivity index (χ3n) is 4.63. The lowest BCUT2D eigenvalue weighted by atomic mass is 10.1. The molecule has 1 saturated heterocycles. The molecule has 2 aliphatic rings. The van der Waals surface area contributed by atoms with Gasteiger partial charge in [0.05, 0.1) is 17.7 Å². The molecule has 1 aromatic rings. The van der Waals surface area contributed by atoms with Gasteiger partial charge in [0, 0.05) is 25.4 Å². The van der Waals surface area contributed by atoms with E-state index in [-0.39, 0.29) is 12.1 Å². The van der Waals surface area contributed by atoms with Gasteiger partial charge in [0.1, 0.15) is 0 Å². The number of hydrogen-bond donors (Lipinski definition) is 1. The molecule has 5 nitrogen and oxygen atoms in total. The first-order chi connectivity index (χ1) is 11.2. The molecule has 1 aliphatic heterocycles. The molecule has 23 heavy (non-hydrogen) atoms. The number of carbonyl (C=O) groups excluding carboxylic acids is 1. The van der Waals surface area contributed by atoms with E-state index in [0.717, 1.165) is 37.5 Å². The van der Waals surface area contributed by atoms with Gasteiger partial charge < -0.3 is 15.0 Å². The molecule has 2 amide bonds. The van der Waals surface area contributed by atoms with Crippen LogP contribution in [-0.4, -0.2) is 36.7 Å². The molecule has 122 valence electrons. The van der Waals surface area contributed by atoms with Gasteiger partial charge in [-0.05, 0) is 56.2 Å². The van der Waals surface area contributed by atoms with Crippen LogP contribution in [-0.2, 0) is 4.74 Å². The highest BCUT2D eigenvalue weighted by molar-refractivity contribution is 5.90. The second-order valence-electron chi connectivity index (χ2n) is 6.51. The molecule has 2 fully saturated rings. The summed E-state index contributed by atoms with van der Waals surface area (Å²) in [6.07, 6.45) is 4.72. The van der Waals surface area contributed by atoms with Crippen LogP contribution in [0.5, 0.6) is 0 Å². The molecule has 1 heterocycles. The van der Waals surface area contributed by atoms with Crippen LogP contribution in [0.2, 0.25) is 0 Å². The number of nitrogens with zero attached hydrogens (tertiary/aromatic N) is 2. The van der Waals surface area contributed by atoms with Crippen molar-refractivity contribution >= 4 is 11.7 Å². The molecule has 5 heteroatoms. The molecule has 1 aliphatic carbocycles. The maximum Gasteiger partial charge on any atom is 0.321 e. The molecular formula is C18H23N3O2. The minimum absolute atomic E-state index is 0.108. The van der Waals surface area contributed by atoms with E-state index >= 15 is 0 Å². The zero-order valence-electron chi connectivity index (χ0n) is 13.5. The zero-order valence-corrected chi connectivity index (χ0v) is 13.5. The van der Waals surface area contributed by atoms with Crippen molar-refractivity contribution in [2.45, 2.75) is 38.7 Å². The molecule has 1 N–H and O–H groups in total. The molecule has 1 aromatic carbocycles. The molecule has 0 aromatic heterocycles. The number of carbonyl (C=O) groups is 1. The molecular weight excluding hydrogens is 290 g/mol. The fourth-order valence-electron chi connectivity index (χ4n) is 2.90. The van der Waals surface area contributed by atoms with Gasteiger partial charge in [0.25, 0.3) is 0 Å². The van der Waals surface area contributed by atoms with Gasteiger partial charge in [-0.15, -0.1) is 0 Å². The summed E-state index contributed by atoms with van der Waals surface area (Å²) in [6.45, 7) is 4.09. The van der Waals surface area contributed by atoms with Crippen molar-refractivity contribution in [3.63, 3.8) is 0 Å². The van der Waals surface area contributed by atoms with Gasteiger partial charge in [-0.3, -0.25) is 0 Å². The average Bonchev–Trinajstić information content (AvgIpc) is 3.39. The average molecular weight is 313 g/mol. The van der Waals surface area contributed by atoms with E-state index in [9.17, 15) is 4.79 Å². The smallest absolute Gasteiger partial charge is 0.321 e. The van der Waals surface area contributed by atoms with Gasteiger partial charge in [-0.2, -0.15) is 5.26 Å². The Morgan fingerprint density at radius 1 is 1.43 bits per heavy atom. The Morgan fingerprint density at radius 2 is 2.26 bits per heavy atom. The van der Waals surface area contributed by atoms with Gasteiger partial charge in [0.2, 0.25) is 0 Å². The Balaban J connectivity index is 1.58. The van der Waals surface area contributed by atoms with E-state index in [1.165, 1.54) is 12.8 Å². The quantitative estimate of drug-likeness (QED) is 0.927. The van der Waals surface area contributed by atoms with Crippen molar-refractivity contribution in [2.75, 3.05) is 25.0 Å².